The smallest absolute Gasteiger partial charge is 0.240 e. The molecule has 1 aliphatic heterocycles. The lowest BCUT2D eigenvalue weighted by Crippen LogP contribution is -2.35. The predicted molar refractivity (Wildman–Crippen MR) is 84.7 cm³/mol. The molecule has 0 aromatic heterocycles. The van der Waals surface area contributed by atoms with Gasteiger partial charge in [0.2, 0.25) is 10.0 Å². The average molecular weight is 369 g/mol. The maximum absolute atomic E-state index is 12.2. The Hall–Kier alpha value is -0.740. The molecule has 1 fully saturated rings. The summed E-state index contributed by atoms with van der Waals surface area (Å²) in [7, 11) is -7.00. The molecule has 0 radical (unpaired) electrons. The third-order valence-electron chi connectivity index (χ3n) is 3.07. The fourth-order valence-corrected chi connectivity index (χ4v) is 5.69. The molecule has 0 saturated carbocycles. The van der Waals surface area contributed by atoms with Crippen molar-refractivity contribution in [3.8, 4) is 0 Å². The van der Waals surface area contributed by atoms with Gasteiger partial charge in [-0.15, -0.1) is 0 Å². The van der Waals surface area contributed by atoms with Crippen LogP contribution in [0.15, 0.2) is 23.1 Å². The Morgan fingerprint density at radius 3 is 2.57 bits per heavy atom. The van der Waals surface area contributed by atoms with Crippen molar-refractivity contribution in [2.45, 2.75) is 17.4 Å². The second kappa shape index (κ2) is 5.81. The second-order valence-electron chi connectivity index (χ2n) is 4.73. The standard InChI is InChI=1S/C11H13ClN2O4S3/c12-10-5-8(1-2-9(10)11(13)19)21(17,18)14-7-3-4-20(15,16)6-7/h1-2,5,7,14H,3-4,6H2,(H2,13,19). The van der Waals surface area contributed by atoms with E-state index in [0.717, 1.165) is 0 Å². The zero-order valence-electron chi connectivity index (χ0n) is 10.7. The molecule has 1 aliphatic rings. The van der Waals surface area contributed by atoms with Crippen LogP contribution < -0.4 is 10.5 Å². The van der Waals surface area contributed by atoms with E-state index in [1.807, 2.05) is 0 Å². The van der Waals surface area contributed by atoms with Crippen LogP contribution in [0.1, 0.15) is 12.0 Å². The van der Waals surface area contributed by atoms with Crippen LogP contribution in [-0.4, -0.2) is 39.4 Å². The number of hydrogen-bond acceptors (Lipinski definition) is 5. The Bertz CT molecular complexity index is 790. The molecule has 0 amide bonds. The summed E-state index contributed by atoms with van der Waals surface area (Å²) < 4.78 is 49.5. The van der Waals surface area contributed by atoms with Crippen LogP contribution >= 0.6 is 23.8 Å². The lowest BCUT2D eigenvalue weighted by Gasteiger charge is -2.12. The van der Waals surface area contributed by atoms with Crippen LogP contribution in [0.2, 0.25) is 5.02 Å². The molecule has 6 nitrogen and oxygen atoms in total. The van der Waals surface area contributed by atoms with E-state index in [9.17, 15) is 16.8 Å². The van der Waals surface area contributed by atoms with E-state index >= 15 is 0 Å². The van der Waals surface area contributed by atoms with Crippen molar-refractivity contribution < 1.29 is 16.8 Å². The van der Waals surface area contributed by atoms with Crippen molar-refractivity contribution in [2.75, 3.05) is 11.5 Å². The minimum atomic E-state index is -3.84. The molecule has 1 atom stereocenters. The molecule has 1 heterocycles. The van der Waals surface area contributed by atoms with Gasteiger partial charge in [-0.25, -0.2) is 21.6 Å². The second-order valence-corrected chi connectivity index (χ2v) is 9.52. The summed E-state index contributed by atoms with van der Waals surface area (Å²) in [6.45, 7) is 0. The Morgan fingerprint density at radius 2 is 2.10 bits per heavy atom. The van der Waals surface area contributed by atoms with Gasteiger partial charge >= 0.3 is 0 Å². The van der Waals surface area contributed by atoms with Gasteiger partial charge in [0.15, 0.2) is 9.84 Å². The summed E-state index contributed by atoms with van der Waals surface area (Å²) in [4.78, 5) is 0.00981. The van der Waals surface area contributed by atoms with E-state index in [-0.39, 0.29) is 32.8 Å². The Labute approximate surface area is 133 Å². The molecule has 21 heavy (non-hydrogen) atoms. The van der Waals surface area contributed by atoms with Gasteiger partial charge in [0.05, 0.1) is 21.4 Å². The van der Waals surface area contributed by atoms with Crippen LogP contribution in [0.5, 0.6) is 0 Å². The molecule has 10 heteroatoms. The fourth-order valence-electron chi connectivity index (χ4n) is 2.04. The highest BCUT2D eigenvalue weighted by atomic mass is 35.5. The topological polar surface area (TPSA) is 106 Å². The van der Waals surface area contributed by atoms with Gasteiger partial charge in [-0.2, -0.15) is 0 Å². The molecule has 3 N–H and O–H groups in total. The first kappa shape index (κ1) is 16.6. The van der Waals surface area contributed by atoms with Crippen molar-refractivity contribution in [3.63, 3.8) is 0 Å². The maximum Gasteiger partial charge on any atom is 0.240 e. The van der Waals surface area contributed by atoms with Crippen molar-refractivity contribution in [1.29, 1.82) is 0 Å². The summed E-state index contributed by atoms with van der Waals surface area (Å²) in [6.07, 6.45) is 0.264. The maximum atomic E-state index is 12.2. The van der Waals surface area contributed by atoms with Gasteiger partial charge in [0.25, 0.3) is 0 Å². The first-order valence-electron chi connectivity index (χ1n) is 5.93. The predicted octanol–water partition coefficient (Wildman–Crippen LogP) is 0.440. The molecule has 0 aliphatic carbocycles. The highest BCUT2D eigenvalue weighted by molar-refractivity contribution is 7.92. The van der Waals surface area contributed by atoms with Crippen LogP contribution in [-0.2, 0) is 19.9 Å². The number of benzene rings is 1. The van der Waals surface area contributed by atoms with Crippen LogP contribution in [0, 0.1) is 0 Å². The molecule has 2 rings (SSSR count). The van der Waals surface area contributed by atoms with Gasteiger partial charge in [0.1, 0.15) is 4.99 Å². The monoisotopic (exact) mass is 368 g/mol. The van der Waals surface area contributed by atoms with E-state index in [4.69, 9.17) is 29.6 Å². The quantitative estimate of drug-likeness (QED) is 0.747. The summed E-state index contributed by atoms with van der Waals surface area (Å²) in [5.74, 6) is -0.202. The first-order valence-corrected chi connectivity index (χ1v) is 10.0. The third kappa shape index (κ3) is 3.92. The van der Waals surface area contributed by atoms with Crippen molar-refractivity contribution in [1.82, 2.24) is 4.72 Å². The SMILES string of the molecule is NC(=S)c1ccc(S(=O)(=O)NC2CCS(=O)(=O)C2)cc1Cl. The fraction of sp³-hybridized carbons (Fsp3) is 0.364. The van der Waals surface area contributed by atoms with E-state index < -0.39 is 25.9 Å². The van der Waals surface area contributed by atoms with Gasteiger partial charge < -0.3 is 5.73 Å². The minimum absolute atomic E-state index is 0.0126. The number of rotatable bonds is 4. The molecule has 0 spiro atoms. The lowest BCUT2D eigenvalue weighted by molar-refractivity contribution is 0.562. The number of hydrogen-bond donors (Lipinski definition) is 2. The summed E-state index contributed by atoms with van der Waals surface area (Å²) >= 11 is 10.7. The van der Waals surface area contributed by atoms with Crippen LogP contribution in [0.3, 0.4) is 0 Å². The summed E-state index contributed by atoms with van der Waals surface area (Å²) in [6, 6.07) is 3.37. The van der Waals surface area contributed by atoms with Gasteiger partial charge in [0, 0.05) is 11.6 Å². The average Bonchev–Trinajstić information content (AvgIpc) is 2.67. The number of thiocarbonyl (C=S) groups is 1. The van der Waals surface area contributed by atoms with Gasteiger partial charge in [-0.05, 0) is 24.6 Å². The summed E-state index contributed by atoms with van der Waals surface area (Å²) in [5, 5.41) is 0.129. The number of nitrogens with two attached hydrogens (primary N) is 1. The highest BCUT2D eigenvalue weighted by Gasteiger charge is 2.31. The third-order valence-corrected chi connectivity index (χ3v) is 6.89. The zero-order chi connectivity index (χ0) is 15.8. The van der Waals surface area contributed by atoms with Gasteiger partial charge in [-0.1, -0.05) is 23.8 Å². The van der Waals surface area contributed by atoms with E-state index in [1.165, 1.54) is 18.2 Å². The molecule has 0 bridgehead atoms. The highest BCUT2D eigenvalue weighted by Crippen LogP contribution is 2.22. The Kier molecular flexibility index (Phi) is 4.60. The number of halogens is 1. The minimum Gasteiger partial charge on any atom is -0.389 e. The van der Waals surface area contributed by atoms with Crippen LogP contribution in [0.25, 0.3) is 0 Å². The van der Waals surface area contributed by atoms with E-state index in [0.29, 0.717) is 5.56 Å². The number of sulfonamides is 1. The van der Waals surface area contributed by atoms with Gasteiger partial charge in [-0.3, -0.25) is 0 Å². The molecule has 116 valence electrons. The first-order chi connectivity index (χ1) is 9.61. The molecule has 1 unspecified atom stereocenters. The molecular formula is C11H13ClN2O4S3. The van der Waals surface area contributed by atoms with Crippen molar-refractivity contribution in [3.05, 3.63) is 28.8 Å². The van der Waals surface area contributed by atoms with E-state index in [1.54, 1.807) is 0 Å². The molecule has 1 saturated heterocycles. The zero-order valence-corrected chi connectivity index (χ0v) is 13.9. The molecular weight excluding hydrogens is 356 g/mol. The van der Waals surface area contributed by atoms with Crippen LogP contribution in [0.4, 0.5) is 0 Å². The lowest BCUT2D eigenvalue weighted by atomic mass is 10.2. The number of nitrogens with one attached hydrogen (secondary N) is 1. The van der Waals surface area contributed by atoms with Crippen molar-refractivity contribution >= 4 is 48.7 Å². The largest absolute Gasteiger partial charge is 0.389 e. The van der Waals surface area contributed by atoms with E-state index in [2.05, 4.69) is 4.72 Å². The normalized spacial score (nSPS) is 21.3. The van der Waals surface area contributed by atoms with Crippen molar-refractivity contribution in [2.24, 2.45) is 5.73 Å². The summed E-state index contributed by atoms with van der Waals surface area (Å²) in [5.41, 5.74) is 5.83. The number of sulfone groups is 1. The Balaban J connectivity index is 2.24. The molecule has 1 aromatic carbocycles. The molecule has 1 aromatic rings. The Morgan fingerprint density at radius 1 is 1.43 bits per heavy atom.